The summed E-state index contributed by atoms with van der Waals surface area (Å²) < 4.78 is 41.2. The summed E-state index contributed by atoms with van der Waals surface area (Å²) in [5.41, 5.74) is 3.81. The summed E-state index contributed by atoms with van der Waals surface area (Å²) in [5, 5.41) is 0. The van der Waals surface area contributed by atoms with E-state index < -0.39 is 13.2 Å². The summed E-state index contributed by atoms with van der Waals surface area (Å²) in [6.45, 7) is -2.48. The van der Waals surface area contributed by atoms with Crippen molar-refractivity contribution in [2.24, 2.45) is 0 Å². The number of hydrogen-bond donors (Lipinski definition) is 0. The number of hydrogen-bond acceptors (Lipinski definition) is 1. The summed E-state index contributed by atoms with van der Waals surface area (Å²) in [7, 11) is 0. The highest BCUT2D eigenvalue weighted by Gasteiger charge is 2.07. The van der Waals surface area contributed by atoms with Crippen molar-refractivity contribution < 1.29 is 6.85 Å². The van der Waals surface area contributed by atoms with Crippen molar-refractivity contribution in [3.8, 4) is 22.4 Å². The van der Waals surface area contributed by atoms with Crippen molar-refractivity contribution in [1.29, 1.82) is 0 Å². The molecule has 0 aliphatic rings. The van der Waals surface area contributed by atoms with Crippen LogP contribution in [0.5, 0.6) is 0 Å². The van der Waals surface area contributed by atoms with Crippen molar-refractivity contribution in [2.45, 2.75) is 13.2 Å². The number of aryl methyl sites for hydroxylation is 1. The highest BCUT2D eigenvalue weighted by Crippen LogP contribution is 2.27. The third-order valence-electron chi connectivity index (χ3n) is 4.22. The zero-order chi connectivity index (χ0) is 22.1. The van der Waals surface area contributed by atoms with Gasteiger partial charge in [-0.15, -0.1) is 0 Å². The van der Waals surface area contributed by atoms with E-state index in [1.54, 1.807) is 36.4 Å². The van der Waals surface area contributed by atoms with Crippen molar-refractivity contribution in [3.63, 3.8) is 0 Å². The molecule has 0 aliphatic heterocycles. The molecular formula is C25H21N. The van der Waals surface area contributed by atoms with Gasteiger partial charge in [-0.1, -0.05) is 78.9 Å². The van der Waals surface area contributed by atoms with Crippen LogP contribution in [0.2, 0.25) is 0 Å². The Morgan fingerprint density at radius 1 is 0.769 bits per heavy atom. The Kier molecular flexibility index (Phi) is 3.24. The number of aromatic nitrogens is 1. The van der Waals surface area contributed by atoms with E-state index in [-0.39, 0.29) is 11.1 Å². The van der Waals surface area contributed by atoms with Crippen LogP contribution < -0.4 is 0 Å². The van der Waals surface area contributed by atoms with Crippen LogP contribution in [-0.2, 0) is 6.37 Å². The number of rotatable bonds is 4. The predicted molar refractivity (Wildman–Crippen MR) is 109 cm³/mol. The highest BCUT2D eigenvalue weighted by molar-refractivity contribution is 5.71. The molecule has 26 heavy (non-hydrogen) atoms. The maximum atomic E-state index is 8.75. The molecule has 0 N–H and O–H groups in total. The average molecular weight is 340 g/mol. The van der Waals surface area contributed by atoms with Crippen LogP contribution in [0.3, 0.4) is 0 Å². The molecule has 0 saturated carbocycles. The summed E-state index contributed by atoms with van der Waals surface area (Å²) in [6.07, 6.45) is -0.701. The van der Waals surface area contributed by atoms with Crippen LogP contribution >= 0.6 is 0 Å². The Morgan fingerprint density at radius 2 is 1.46 bits per heavy atom. The van der Waals surface area contributed by atoms with Crippen molar-refractivity contribution in [3.05, 3.63) is 114 Å². The number of nitrogens with zero attached hydrogens (tertiary/aromatic N) is 1. The standard InChI is InChI=1S/C25H21N/c1-19-18-26-25(17-24(19)15-20-9-4-2-5-10-20)23-14-8-13-22(16-23)21-11-6-3-7-12-21/h2-14,16-18H,15H2,1H3/i1D3,15D2. The first-order valence-corrected chi connectivity index (χ1v) is 8.49. The second-order valence-electron chi connectivity index (χ2n) is 6.05. The Balaban J connectivity index is 1.86. The van der Waals surface area contributed by atoms with Crippen LogP contribution in [0.25, 0.3) is 22.4 Å². The third-order valence-corrected chi connectivity index (χ3v) is 4.22. The van der Waals surface area contributed by atoms with Gasteiger partial charge in [-0.2, -0.15) is 0 Å². The quantitative estimate of drug-likeness (QED) is 0.424. The van der Waals surface area contributed by atoms with Crippen LogP contribution in [0.1, 0.15) is 23.5 Å². The summed E-state index contributed by atoms with van der Waals surface area (Å²) >= 11 is 0. The number of benzene rings is 3. The van der Waals surface area contributed by atoms with Gasteiger partial charge in [0, 0.05) is 18.6 Å². The van der Waals surface area contributed by atoms with E-state index >= 15 is 0 Å². The van der Waals surface area contributed by atoms with Crippen LogP contribution in [0.4, 0.5) is 0 Å². The molecule has 0 saturated heterocycles. The third kappa shape index (κ3) is 3.57. The molecule has 4 aromatic rings. The lowest BCUT2D eigenvalue weighted by atomic mass is 9.98. The molecule has 1 heterocycles. The molecule has 4 rings (SSSR count). The van der Waals surface area contributed by atoms with Gasteiger partial charge >= 0.3 is 0 Å². The molecule has 3 aromatic carbocycles. The number of pyridine rings is 1. The fourth-order valence-corrected chi connectivity index (χ4v) is 2.88. The van der Waals surface area contributed by atoms with E-state index in [2.05, 4.69) is 4.98 Å². The van der Waals surface area contributed by atoms with E-state index in [0.29, 0.717) is 11.3 Å². The van der Waals surface area contributed by atoms with Gasteiger partial charge in [-0.25, -0.2) is 0 Å². The van der Waals surface area contributed by atoms with E-state index in [9.17, 15) is 0 Å². The van der Waals surface area contributed by atoms with E-state index in [1.165, 1.54) is 6.20 Å². The van der Waals surface area contributed by atoms with E-state index in [4.69, 9.17) is 6.85 Å². The molecule has 1 nitrogen and oxygen atoms in total. The molecule has 0 spiro atoms. The molecule has 1 heteroatoms. The van der Waals surface area contributed by atoms with Crippen LogP contribution in [0.15, 0.2) is 97.2 Å². The van der Waals surface area contributed by atoms with Gasteiger partial charge in [-0.05, 0) is 53.2 Å². The maximum absolute atomic E-state index is 8.75. The van der Waals surface area contributed by atoms with Gasteiger partial charge < -0.3 is 0 Å². The molecule has 0 atom stereocenters. The van der Waals surface area contributed by atoms with Gasteiger partial charge in [-0.3, -0.25) is 4.98 Å². The average Bonchev–Trinajstić information content (AvgIpc) is 2.79. The maximum Gasteiger partial charge on any atom is 0.0705 e. The minimum Gasteiger partial charge on any atom is -0.256 e. The lowest BCUT2D eigenvalue weighted by Gasteiger charge is -2.10. The van der Waals surface area contributed by atoms with Gasteiger partial charge in [0.15, 0.2) is 0 Å². The van der Waals surface area contributed by atoms with E-state index in [1.807, 2.05) is 54.6 Å². The Morgan fingerprint density at radius 3 is 2.23 bits per heavy atom. The first kappa shape index (κ1) is 11.4. The van der Waals surface area contributed by atoms with Gasteiger partial charge in [0.2, 0.25) is 0 Å². The zero-order valence-electron chi connectivity index (χ0n) is 19.2. The first-order chi connectivity index (χ1) is 14.8. The molecule has 0 aliphatic carbocycles. The molecule has 1 aromatic heterocycles. The molecule has 0 amide bonds. The lowest BCUT2D eigenvalue weighted by molar-refractivity contribution is 1.12. The van der Waals surface area contributed by atoms with Crippen LogP contribution in [-0.4, -0.2) is 4.98 Å². The zero-order valence-corrected chi connectivity index (χ0v) is 14.2. The first-order valence-electron chi connectivity index (χ1n) is 11.0. The minimum absolute atomic E-state index is 0.0793. The fourth-order valence-electron chi connectivity index (χ4n) is 2.88. The van der Waals surface area contributed by atoms with Crippen LogP contribution in [0, 0.1) is 6.85 Å². The smallest absolute Gasteiger partial charge is 0.0705 e. The molecule has 0 bridgehead atoms. The highest BCUT2D eigenvalue weighted by atomic mass is 14.7. The molecule has 126 valence electrons. The topological polar surface area (TPSA) is 12.9 Å². The summed E-state index contributed by atoms with van der Waals surface area (Å²) in [6, 6.07) is 27.9. The minimum atomic E-state index is -2.48. The monoisotopic (exact) mass is 340 g/mol. The SMILES string of the molecule is [2H]C([2H])([2H])c1cnc(-c2cccc(-c3ccccc3)c2)cc1C([2H])([2H])c1ccccc1. The molecular weight excluding hydrogens is 314 g/mol. The van der Waals surface area contributed by atoms with Gasteiger partial charge in [0.25, 0.3) is 0 Å². The Labute approximate surface area is 162 Å². The molecule has 0 unspecified atom stereocenters. The molecule has 0 radical (unpaired) electrons. The Bertz CT molecular complexity index is 1190. The van der Waals surface area contributed by atoms with Crippen molar-refractivity contribution in [2.75, 3.05) is 0 Å². The summed E-state index contributed by atoms with van der Waals surface area (Å²) in [4.78, 5) is 4.39. The Hall–Kier alpha value is -3.19. The lowest BCUT2D eigenvalue weighted by Crippen LogP contribution is -1.95. The van der Waals surface area contributed by atoms with Gasteiger partial charge in [0.1, 0.15) is 0 Å². The van der Waals surface area contributed by atoms with Gasteiger partial charge in [0.05, 0.1) is 5.69 Å². The fraction of sp³-hybridized carbons (Fsp3) is 0.0800. The normalized spacial score (nSPS) is 14.5. The van der Waals surface area contributed by atoms with E-state index in [0.717, 1.165) is 16.7 Å². The predicted octanol–water partition coefficient (Wildman–Crippen LogP) is 6.31. The second kappa shape index (κ2) is 7.37. The second-order valence-corrected chi connectivity index (χ2v) is 6.05. The van der Waals surface area contributed by atoms with Crippen molar-refractivity contribution in [1.82, 2.24) is 4.98 Å². The largest absolute Gasteiger partial charge is 0.256 e. The summed E-state index contributed by atoms with van der Waals surface area (Å²) in [5.74, 6) is 0. The van der Waals surface area contributed by atoms with Crippen molar-refractivity contribution >= 4 is 0 Å². The molecule has 0 fully saturated rings.